The summed E-state index contributed by atoms with van der Waals surface area (Å²) in [6, 6.07) is 44.1. The zero-order chi connectivity index (χ0) is 31.8. The van der Waals surface area contributed by atoms with Crippen LogP contribution < -0.4 is 9.80 Å². The summed E-state index contributed by atoms with van der Waals surface area (Å²) in [5.74, 6) is 0. The van der Waals surface area contributed by atoms with E-state index in [0.29, 0.717) is 0 Å². The van der Waals surface area contributed by atoms with E-state index >= 15 is 0 Å². The molecule has 1 heterocycles. The molecule has 47 heavy (non-hydrogen) atoms. The van der Waals surface area contributed by atoms with Crippen LogP contribution in [0.1, 0.15) is 61.8 Å². The highest BCUT2D eigenvalue weighted by Gasteiger charge is 2.39. The maximum Gasteiger partial charge on any atom is 0.0703 e. The Hall–Kier alpha value is -5.34. The molecule has 0 atom stereocenters. The second-order valence-electron chi connectivity index (χ2n) is 13.0. The molecular weight excluding hydrogens is 569 g/mol. The molecule has 1 saturated carbocycles. The average molecular weight is 609 g/mol. The minimum Gasteiger partial charge on any atom is -0.306 e. The molecule has 1 spiro atoms. The van der Waals surface area contributed by atoms with Crippen molar-refractivity contribution in [1.82, 2.24) is 0 Å². The Morgan fingerprint density at radius 3 is 1.72 bits per heavy atom. The third-order valence-electron chi connectivity index (χ3n) is 10.2. The van der Waals surface area contributed by atoms with Gasteiger partial charge < -0.3 is 9.80 Å². The topological polar surface area (TPSA) is 6.48 Å². The summed E-state index contributed by atoms with van der Waals surface area (Å²) in [4.78, 5) is 4.75. The summed E-state index contributed by atoms with van der Waals surface area (Å²) in [5.41, 5.74) is 15.2. The maximum absolute atomic E-state index is 2.56. The number of benzene rings is 5. The van der Waals surface area contributed by atoms with Crippen molar-refractivity contribution in [3.63, 3.8) is 0 Å². The molecule has 1 fully saturated rings. The first-order chi connectivity index (χ1) is 23.1. The summed E-state index contributed by atoms with van der Waals surface area (Å²) < 4.78 is 0. The highest BCUT2D eigenvalue weighted by molar-refractivity contribution is 6.01. The Morgan fingerprint density at radius 1 is 0.596 bits per heavy atom. The second-order valence-corrected chi connectivity index (χ2v) is 13.0. The van der Waals surface area contributed by atoms with Crippen LogP contribution in [0.25, 0.3) is 17.7 Å². The number of nitrogens with zero attached hydrogens (tertiary/aromatic N) is 2. The van der Waals surface area contributed by atoms with Gasteiger partial charge >= 0.3 is 0 Å². The van der Waals surface area contributed by atoms with Gasteiger partial charge in [0.15, 0.2) is 0 Å². The number of fused-ring (bicyclic) bond motifs is 4. The maximum atomic E-state index is 2.56. The molecule has 0 saturated heterocycles. The van der Waals surface area contributed by atoms with Gasteiger partial charge in [-0.15, -0.1) is 0 Å². The van der Waals surface area contributed by atoms with Crippen molar-refractivity contribution in [2.24, 2.45) is 0 Å². The van der Waals surface area contributed by atoms with E-state index < -0.39 is 0 Å². The van der Waals surface area contributed by atoms with E-state index in [1.807, 2.05) is 0 Å². The third kappa shape index (κ3) is 5.24. The molecule has 5 aromatic carbocycles. The van der Waals surface area contributed by atoms with E-state index in [1.54, 1.807) is 0 Å². The van der Waals surface area contributed by atoms with Crippen LogP contribution in [-0.4, -0.2) is 0 Å². The Morgan fingerprint density at radius 2 is 1.13 bits per heavy atom. The van der Waals surface area contributed by atoms with Crippen LogP contribution in [0.15, 0.2) is 151 Å². The zero-order valence-electron chi connectivity index (χ0n) is 27.2. The van der Waals surface area contributed by atoms with E-state index in [2.05, 4.69) is 181 Å². The molecule has 2 heteroatoms. The largest absolute Gasteiger partial charge is 0.306 e. The van der Waals surface area contributed by atoms with Crippen molar-refractivity contribution in [2.75, 3.05) is 9.80 Å². The van der Waals surface area contributed by atoms with E-state index in [1.165, 1.54) is 81.8 Å². The molecule has 2 nitrogen and oxygen atoms in total. The molecule has 3 aliphatic rings. The average Bonchev–Trinajstić information content (AvgIpc) is 3.73. The Bertz CT molecular complexity index is 2010. The van der Waals surface area contributed by atoms with Gasteiger partial charge in [-0.25, -0.2) is 0 Å². The fourth-order valence-corrected chi connectivity index (χ4v) is 7.66. The quantitative estimate of drug-likeness (QED) is 0.137. The number of allylic oxidation sites excluding steroid dienone is 6. The fourth-order valence-electron chi connectivity index (χ4n) is 7.66. The van der Waals surface area contributed by atoms with Crippen molar-refractivity contribution >= 4 is 51.8 Å². The summed E-state index contributed by atoms with van der Waals surface area (Å²) in [5, 5.41) is 0. The highest BCUT2D eigenvalue weighted by atomic mass is 15.3. The molecule has 0 unspecified atom stereocenters. The predicted molar refractivity (Wildman–Crippen MR) is 201 cm³/mol. The fraction of sp³-hybridized carbons (Fsp3) is 0.156. The zero-order valence-corrected chi connectivity index (χ0v) is 27.2. The molecule has 8 rings (SSSR count). The molecule has 2 aliphatic carbocycles. The van der Waals surface area contributed by atoms with Crippen LogP contribution in [0, 0.1) is 0 Å². The van der Waals surface area contributed by atoms with E-state index in [-0.39, 0.29) is 5.41 Å². The van der Waals surface area contributed by atoms with Crippen molar-refractivity contribution < 1.29 is 0 Å². The monoisotopic (exact) mass is 608 g/mol. The first-order valence-electron chi connectivity index (χ1n) is 16.9. The Labute approximate surface area is 279 Å². The van der Waals surface area contributed by atoms with Gasteiger partial charge in [0, 0.05) is 16.8 Å². The molecular formula is C45H40N2. The van der Waals surface area contributed by atoms with Crippen molar-refractivity contribution in [3.05, 3.63) is 173 Å². The SMILES string of the molecule is C/C=C(C)\C=C/C1=CC2(CCCC2)c2cc(/C=C/c3ccc(N4c5ccccc5N(c5ccccc5)c5ccccc54)cc3)ccc21. The van der Waals surface area contributed by atoms with Crippen molar-refractivity contribution in [3.8, 4) is 0 Å². The molecule has 0 amide bonds. The van der Waals surface area contributed by atoms with Crippen LogP contribution in [0.3, 0.4) is 0 Å². The number of para-hydroxylation sites is 5. The van der Waals surface area contributed by atoms with Gasteiger partial charge in [0.1, 0.15) is 0 Å². The Balaban J connectivity index is 1.09. The first-order valence-corrected chi connectivity index (χ1v) is 16.9. The summed E-state index contributed by atoms with van der Waals surface area (Å²) >= 11 is 0. The second kappa shape index (κ2) is 12.1. The summed E-state index contributed by atoms with van der Waals surface area (Å²) in [7, 11) is 0. The van der Waals surface area contributed by atoms with Gasteiger partial charge in [-0.2, -0.15) is 0 Å². The number of anilines is 6. The number of hydrogen-bond donors (Lipinski definition) is 0. The lowest BCUT2D eigenvalue weighted by atomic mass is 9.80. The van der Waals surface area contributed by atoms with Gasteiger partial charge in [-0.3, -0.25) is 0 Å². The summed E-state index contributed by atoms with van der Waals surface area (Å²) in [6.07, 6.45) is 18.9. The number of hydrogen-bond acceptors (Lipinski definition) is 2. The van der Waals surface area contributed by atoms with E-state index in [0.717, 1.165) is 11.4 Å². The lowest BCUT2D eigenvalue weighted by Crippen LogP contribution is -2.23. The van der Waals surface area contributed by atoms with Gasteiger partial charge in [0.25, 0.3) is 0 Å². The first kappa shape index (κ1) is 29.1. The smallest absolute Gasteiger partial charge is 0.0703 e. The number of rotatable bonds is 6. The van der Waals surface area contributed by atoms with Crippen LogP contribution in [-0.2, 0) is 5.41 Å². The van der Waals surface area contributed by atoms with Gasteiger partial charge in [0.05, 0.1) is 22.7 Å². The van der Waals surface area contributed by atoms with Crippen LogP contribution in [0.5, 0.6) is 0 Å². The molecule has 0 N–H and O–H groups in total. The standard InChI is InChI=1S/C45H40N2/c1-3-33(2)19-25-36-32-45(29-11-12-30-45)40-31-35(24-28-39(36)40)21-20-34-22-26-38(27-23-34)47-43-17-9-7-15-41(43)46(37-13-5-4-6-14-37)42-16-8-10-18-44(42)47/h3-10,13-28,31-32H,11-12,29-30H2,1-2H3/b21-20+,25-19-,33-3-. The van der Waals surface area contributed by atoms with E-state index in [4.69, 9.17) is 0 Å². The normalized spacial score (nSPS) is 16.6. The van der Waals surface area contributed by atoms with Gasteiger partial charge in [-0.1, -0.05) is 128 Å². The van der Waals surface area contributed by atoms with E-state index in [9.17, 15) is 0 Å². The molecule has 5 aromatic rings. The molecule has 1 aliphatic heterocycles. The van der Waals surface area contributed by atoms with Crippen molar-refractivity contribution in [2.45, 2.75) is 44.9 Å². The van der Waals surface area contributed by atoms with Gasteiger partial charge in [-0.05, 0) is 103 Å². The molecule has 0 aromatic heterocycles. The minimum absolute atomic E-state index is 0.196. The Kier molecular flexibility index (Phi) is 7.50. The molecule has 0 bridgehead atoms. The lowest BCUT2D eigenvalue weighted by molar-refractivity contribution is 0.567. The van der Waals surface area contributed by atoms with Crippen LogP contribution in [0.2, 0.25) is 0 Å². The predicted octanol–water partition coefficient (Wildman–Crippen LogP) is 12.8. The van der Waals surface area contributed by atoms with Crippen LogP contribution >= 0.6 is 0 Å². The highest BCUT2D eigenvalue weighted by Crippen LogP contribution is 2.54. The molecule has 230 valence electrons. The van der Waals surface area contributed by atoms with Gasteiger partial charge in [0.2, 0.25) is 0 Å². The van der Waals surface area contributed by atoms with Crippen molar-refractivity contribution in [1.29, 1.82) is 0 Å². The third-order valence-corrected chi connectivity index (χ3v) is 10.2. The lowest BCUT2D eigenvalue weighted by Gasteiger charge is -2.40. The summed E-state index contributed by atoms with van der Waals surface area (Å²) in [6.45, 7) is 4.27. The van der Waals surface area contributed by atoms with Crippen LogP contribution in [0.4, 0.5) is 34.1 Å². The molecule has 0 radical (unpaired) electrons. The minimum atomic E-state index is 0.196.